The van der Waals surface area contributed by atoms with Crippen LogP contribution in [0.3, 0.4) is 0 Å². The van der Waals surface area contributed by atoms with Gasteiger partial charge in [-0.1, -0.05) is 46.7 Å². The fraction of sp³-hybridized carbons (Fsp3) is 0.158. The van der Waals surface area contributed by atoms with Gasteiger partial charge in [-0.15, -0.1) is 10.2 Å². The Bertz CT molecular complexity index is 1130. The second-order valence-electron chi connectivity index (χ2n) is 6.39. The number of rotatable bonds is 6. The lowest BCUT2D eigenvalue weighted by atomic mass is 10.1. The molecule has 2 aromatic carbocycles. The monoisotopic (exact) mass is 445 g/mol. The molecule has 11 heteroatoms. The van der Waals surface area contributed by atoms with Crippen LogP contribution in [-0.2, 0) is 4.79 Å². The first-order valence-electron chi connectivity index (χ1n) is 8.71. The Kier molecular flexibility index (Phi) is 6.38. The van der Waals surface area contributed by atoms with Crippen LogP contribution in [0.25, 0.3) is 10.6 Å². The zero-order valence-electron chi connectivity index (χ0n) is 15.9. The van der Waals surface area contributed by atoms with E-state index < -0.39 is 22.8 Å². The number of halogens is 1. The lowest BCUT2D eigenvalue weighted by Gasteiger charge is -2.12. The minimum Gasteiger partial charge on any atom is -0.341 e. The van der Waals surface area contributed by atoms with Gasteiger partial charge in [-0.05, 0) is 32.0 Å². The molecule has 1 heterocycles. The number of benzene rings is 2. The van der Waals surface area contributed by atoms with E-state index in [1.807, 2.05) is 31.2 Å². The Hall–Kier alpha value is -3.37. The summed E-state index contributed by atoms with van der Waals surface area (Å²) in [5, 5.41) is 25.0. The van der Waals surface area contributed by atoms with Gasteiger partial charge in [0.1, 0.15) is 16.1 Å². The standard InChI is InChI=1S/C19H16ClN5O4S/c1-10-4-3-5-13(8-10)18-23-24-19(30-18)22-16(26)11(2)21-17(27)12-6-7-14(20)15(9-12)25(28)29/h3-9,11H,1-2H3,(H,21,27)(H,22,24,26). The molecule has 1 unspecified atom stereocenters. The van der Waals surface area contributed by atoms with E-state index in [1.54, 1.807) is 0 Å². The molecule has 0 saturated carbocycles. The van der Waals surface area contributed by atoms with Crippen molar-refractivity contribution in [2.24, 2.45) is 0 Å². The van der Waals surface area contributed by atoms with Gasteiger partial charge in [-0.3, -0.25) is 25.0 Å². The van der Waals surface area contributed by atoms with Gasteiger partial charge in [0.15, 0.2) is 0 Å². The van der Waals surface area contributed by atoms with E-state index in [0.29, 0.717) is 10.1 Å². The van der Waals surface area contributed by atoms with Gasteiger partial charge in [-0.25, -0.2) is 0 Å². The first-order chi connectivity index (χ1) is 14.2. The molecule has 1 atom stereocenters. The van der Waals surface area contributed by atoms with E-state index in [4.69, 9.17) is 11.6 Å². The molecule has 0 aliphatic heterocycles. The van der Waals surface area contributed by atoms with Crippen molar-refractivity contribution in [2.75, 3.05) is 5.32 Å². The van der Waals surface area contributed by atoms with Crippen molar-refractivity contribution in [2.45, 2.75) is 19.9 Å². The summed E-state index contributed by atoms with van der Waals surface area (Å²) in [5.41, 5.74) is 1.59. The van der Waals surface area contributed by atoms with Crippen molar-refractivity contribution in [3.8, 4) is 10.6 Å². The first kappa shape index (κ1) is 21.3. The summed E-state index contributed by atoms with van der Waals surface area (Å²) in [7, 11) is 0. The fourth-order valence-electron chi connectivity index (χ4n) is 2.52. The van der Waals surface area contributed by atoms with Crippen molar-refractivity contribution < 1.29 is 14.5 Å². The van der Waals surface area contributed by atoms with E-state index in [2.05, 4.69) is 20.8 Å². The second kappa shape index (κ2) is 8.97. The van der Waals surface area contributed by atoms with Crippen LogP contribution in [0.15, 0.2) is 42.5 Å². The highest BCUT2D eigenvalue weighted by atomic mass is 35.5. The number of nitro benzene ring substituents is 1. The molecule has 0 bridgehead atoms. The summed E-state index contributed by atoms with van der Waals surface area (Å²) in [6.07, 6.45) is 0. The minimum absolute atomic E-state index is 0.0170. The van der Waals surface area contributed by atoms with Crippen LogP contribution in [0.1, 0.15) is 22.8 Å². The largest absolute Gasteiger partial charge is 0.341 e. The molecule has 0 aliphatic rings. The third kappa shape index (κ3) is 4.97. The van der Waals surface area contributed by atoms with Gasteiger partial charge in [0.05, 0.1) is 4.92 Å². The Morgan fingerprint density at radius 3 is 2.67 bits per heavy atom. The average molecular weight is 446 g/mol. The number of aromatic nitrogens is 2. The Morgan fingerprint density at radius 2 is 1.97 bits per heavy atom. The van der Waals surface area contributed by atoms with Crippen molar-refractivity contribution in [1.29, 1.82) is 0 Å². The predicted octanol–water partition coefficient (Wildman–Crippen LogP) is 3.83. The third-order valence-electron chi connectivity index (χ3n) is 4.07. The normalized spacial score (nSPS) is 11.6. The fourth-order valence-corrected chi connectivity index (χ4v) is 3.45. The van der Waals surface area contributed by atoms with Crippen molar-refractivity contribution in [1.82, 2.24) is 15.5 Å². The third-order valence-corrected chi connectivity index (χ3v) is 5.27. The molecule has 30 heavy (non-hydrogen) atoms. The quantitative estimate of drug-likeness (QED) is 0.438. The molecule has 3 aromatic rings. The maximum Gasteiger partial charge on any atom is 0.288 e. The van der Waals surface area contributed by atoms with E-state index >= 15 is 0 Å². The SMILES string of the molecule is Cc1cccc(-c2nnc(NC(=O)C(C)NC(=O)c3ccc(Cl)c([N+](=O)[O-])c3)s2)c1. The summed E-state index contributed by atoms with van der Waals surface area (Å²) >= 11 is 6.95. The van der Waals surface area contributed by atoms with Crippen LogP contribution in [-0.4, -0.2) is 33.0 Å². The van der Waals surface area contributed by atoms with Crippen LogP contribution in [0.2, 0.25) is 5.02 Å². The summed E-state index contributed by atoms with van der Waals surface area (Å²) in [6.45, 7) is 3.45. The van der Waals surface area contributed by atoms with Gasteiger partial charge < -0.3 is 5.32 Å². The number of aryl methyl sites for hydroxylation is 1. The molecule has 1 aromatic heterocycles. The van der Waals surface area contributed by atoms with E-state index in [1.165, 1.54) is 30.4 Å². The molecule has 2 N–H and O–H groups in total. The number of hydrogen-bond donors (Lipinski definition) is 2. The zero-order valence-corrected chi connectivity index (χ0v) is 17.5. The smallest absolute Gasteiger partial charge is 0.288 e. The number of anilines is 1. The van der Waals surface area contributed by atoms with E-state index in [0.717, 1.165) is 17.2 Å². The molecule has 9 nitrogen and oxygen atoms in total. The summed E-state index contributed by atoms with van der Waals surface area (Å²) in [6, 6.07) is 10.5. The number of carbonyl (C=O) groups excluding carboxylic acids is 2. The summed E-state index contributed by atoms with van der Waals surface area (Å²) in [4.78, 5) is 35.0. The highest BCUT2D eigenvalue weighted by Gasteiger charge is 2.21. The number of nitro groups is 1. The molecule has 0 fully saturated rings. The molecule has 154 valence electrons. The van der Waals surface area contributed by atoms with Crippen LogP contribution >= 0.6 is 22.9 Å². The zero-order chi connectivity index (χ0) is 21.8. The van der Waals surface area contributed by atoms with Crippen LogP contribution in [0.4, 0.5) is 10.8 Å². The van der Waals surface area contributed by atoms with Crippen LogP contribution in [0, 0.1) is 17.0 Å². The molecule has 0 spiro atoms. The number of nitrogens with zero attached hydrogens (tertiary/aromatic N) is 3. The highest BCUT2D eigenvalue weighted by Crippen LogP contribution is 2.27. The van der Waals surface area contributed by atoms with Gasteiger partial charge in [-0.2, -0.15) is 0 Å². The van der Waals surface area contributed by atoms with Crippen LogP contribution < -0.4 is 10.6 Å². The maximum absolute atomic E-state index is 12.4. The van der Waals surface area contributed by atoms with Gasteiger partial charge in [0.2, 0.25) is 11.0 Å². The highest BCUT2D eigenvalue weighted by molar-refractivity contribution is 7.18. The average Bonchev–Trinajstić information content (AvgIpc) is 3.16. The first-order valence-corrected chi connectivity index (χ1v) is 9.90. The maximum atomic E-state index is 12.4. The lowest BCUT2D eigenvalue weighted by molar-refractivity contribution is -0.384. The number of carbonyl (C=O) groups is 2. The van der Waals surface area contributed by atoms with E-state index in [9.17, 15) is 19.7 Å². The number of amides is 2. The predicted molar refractivity (Wildman–Crippen MR) is 114 cm³/mol. The Labute approximate surface area is 180 Å². The summed E-state index contributed by atoms with van der Waals surface area (Å²) in [5.74, 6) is -1.14. The van der Waals surface area contributed by atoms with Gasteiger partial charge >= 0.3 is 0 Å². The summed E-state index contributed by atoms with van der Waals surface area (Å²) < 4.78 is 0. The van der Waals surface area contributed by atoms with Crippen molar-refractivity contribution >= 4 is 45.6 Å². The second-order valence-corrected chi connectivity index (χ2v) is 7.77. The lowest BCUT2D eigenvalue weighted by Crippen LogP contribution is -2.41. The molecule has 0 aliphatic carbocycles. The number of hydrogen-bond acceptors (Lipinski definition) is 7. The molecular formula is C19H16ClN5O4S. The van der Waals surface area contributed by atoms with E-state index in [-0.39, 0.29) is 16.3 Å². The number of nitrogens with one attached hydrogen (secondary N) is 2. The minimum atomic E-state index is -0.918. The molecule has 0 saturated heterocycles. The Balaban J connectivity index is 1.65. The molecule has 0 radical (unpaired) electrons. The van der Waals surface area contributed by atoms with Gasteiger partial charge in [0.25, 0.3) is 11.6 Å². The molecule has 2 amide bonds. The topological polar surface area (TPSA) is 127 Å². The van der Waals surface area contributed by atoms with Crippen molar-refractivity contribution in [3.63, 3.8) is 0 Å². The van der Waals surface area contributed by atoms with Crippen molar-refractivity contribution in [3.05, 3.63) is 68.7 Å². The van der Waals surface area contributed by atoms with Crippen LogP contribution in [0.5, 0.6) is 0 Å². The Morgan fingerprint density at radius 1 is 1.20 bits per heavy atom. The molecule has 3 rings (SSSR count). The molecular weight excluding hydrogens is 430 g/mol. The van der Waals surface area contributed by atoms with Gasteiger partial charge in [0, 0.05) is 17.2 Å².